The first-order chi connectivity index (χ1) is 16.3. The van der Waals surface area contributed by atoms with Crippen LogP contribution in [0.25, 0.3) is 11.8 Å². The number of methoxy groups -OCH3 is 1. The van der Waals surface area contributed by atoms with Crippen LogP contribution in [0.4, 0.5) is 0 Å². The maximum absolute atomic E-state index is 13.7. The molecule has 0 spiro atoms. The smallest absolute Gasteiger partial charge is 0.250 e. The minimum Gasteiger partial charge on any atom is -0.495 e. The van der Waals surface area contributed by atoms with Crippen molar-refractivity contribution in [3.63, 3.8) is 0 Å². The molecule has 1 amide bonds. The molecule has 2 aliphatic rings. The highest BCUT2D eigenvalue weighted by atomic mass is 16.5. The third-order valence-electron chi connectivity index (χ3n) is 6.64. The molecule has 6 heteroatoms. The number of ether oxygens (including phenoxy) is 2. The maximum atomic E-state index is 13.7. The SMILES string of the molecule is COc1cc(C=C2CCCN([C@H]3CC(C)(C)Oc4ccccc43)C2=O)ccc1-n1cnc(C)c1. The summed E-state index contributed by atoms with van der Waals surface area (Å²) >= 11 is 0. The van der Waals surface area contributed by atoms with E-state index in [9.17, 15) is 4.79 Å². The number of para-hydroxylation sites is 1. The number of amides is 1. The quantitative estimate of drug-likeness (QED) is 0.486. The van der Waals surface area contributed by atoms with Crippen molar-refractivity contribution in [1.29, 1.82) is 0 Å². The Kier molecular flexibility index (Phi) is 5.68. The average Bonchev–Trinajstić information content (AvgIpc) is 3.25. The summed E-state index contributed by atoms with van der Waals surface area (Å²) in [5, 5.41) is 0. The van der Waals surface area contributed by atoms with Crippen molar-refractivity contribution in [2.45, 2.75) is 51.7 Å². The van der Waals surface area contributed by atoms with Gasteiger partial charge in [-0.2, -0.15) is 0 Å². The van der Waals surface area contributed by atoms with Crippen LogP contribution >= 0.6 is 0 Å². The Bertz CT molecular complexity index is 1260. The van der Waals surface area contributed by atoms with Crippen molar-refractivity contribution in [3.05, 3.63) is 77.4 Å². The number of piperidine rings is 1. The molecule has 2 aliphatic heterocycles. The maximum Gasteiger partial charge on any atom is 0.250 e. The van der Waals surface area contributed by atoms with E-state index < -0.39 is 0 Å². The minimum atomic E-state index is -0.324. The van der Waals surface area contributed by atoms with Crippen molar-refractivity contribution in [3.8, 4) is 17.2 Å². The molecular weight excluding hydrogens is 426 g/mol. The molecule has 34 heavy (non-hydrogen) atoms. The predicted molar refractivity (Wildman–Crippen MR) is 132 cm³/mol. The van der Waals surface area contributed by atoms with Crippen LogP contribution in [-0.4, -0.2) is 39.6 Å². The fourth-order valence-electron chi connectivity index (χ4n) is 5.06. The summed E-state index contributed by atoms with van der Waals surface area (Å²) in [6, 6.07) is 14.1. The van der Waals surface area contributed by atoms with Gasteiger partial charge in [0.1, 0.15) is 17.1 Å². The molecule has 0 bridgehead atoms. The molecule has 1 fully saturated rings. The fourth-order valence-corrected chi connectivity index (χ4v) is 5.06. The van der Waals surface area contributed by atoms with Gasteiger partial charge in [0.15, 0.2) is 0 Å². The lowest BCUT2D eigenvalue weighted by Gasteiger charge is -2.44. The van der Waals surface area contributed by atoms with E-state index in [1.165, 1.54) is 0 Å². The monoisotopic (exact) mass is 457 g/mol. The number of rotatable bonds is 4. The second-order valence-electron chi connectivity index (χ2n) is 9.74. The van der Waals surface area contributed by atoms with Gasteiger partial charge < -0.3 is 18.9 Å². The van der Waals surface area contributed by atoms with Crippen molar-refractivity contribution in [2.24, 2.45) is 0 Å². The number of carbonyl (C=O) groups is 1. The Morgan fingerprint density at radius 2 is 2.03 bits per heavy atom. The summed E-state index contributed by atoms with van der Waals surface area (Å²) in [5.41, 5.74) is 4.42. The molecule has 0 N–H and O–H groups in total. The number of aryl methyl sites for hydroxylation is 1. The molecule has 3 aromatic rings. The average molecular weight is 458 g/mol. The van der Waals surface area contributed by atoms with E-state index in [1.807, 2.05) is 65.1 Å². The van der Waals surface area contributed by atoms with E-state index in [4.69, 9.17) is 9.47 Å². The van der Waals surface area contributed by atoms with Gasteiger partial charge in [-0.25, -0.2) is 4.98 Å². The lowest BCUT2D eigenvalue weighted by Crippen LogP contribution is -2.46. The van der Waals surface area contributed by atoms with Crippen LogP contribution in [0.5, 0.6) is 11.5 Å². The number of hydrogen-bond acceptors (Lipinski definition) is 4. The Balaban J connectivity index is 1.45. The van der Waals surface area contributed by atoms with Crippen LogP contribution in [0, 0.1) is 6.92 Å². The van der Waals surface area contributed by atoms with E-state index in [0.717, 1.165) is 65.4 Å². The summed E-state index contributed by atoms with van der Waals surface area (Å²) in [5.74, 6) is 1.73. The number of benzene rings is 2. The van der Waals surface area contributed by atoms with E-state index in [2.05, 4.69) is 24.9 Å². The number of aromatic nitrogens is 2. The molecule has 0 saturated carbocycles. The number of nitrogens with zero attached hydrogens (tertiary/aromatic N) is 3. The molecule has 176 valence electrons. The second-order valence-corrected chi connectivity index (χ2v) is 9.74. The fraction of sp³-hybridized carbons (Fsp3) is 0.357. The molecule has 1 atom stereocenters. The molecule has 0 radical (unpaired) electrons. The third-order valence-corrected chi connectivity index (χ3v) is 6.64. The van der Waals surface area contributed by atoms with Crippen LogP contribution < -0.4 is 9.47 Å². The van der Waals surface area contributed by atoms with Crippen molar-refractivity contribution in [1.82, 2.24) is 14.5 Å². The molecular formula is C28H31N3O3. The summed E-state index contributed by atoms with van der Waals surface area (Å²) in [7, 11) is 1.66. The first-order valence-corrected chi connectivity index (χ1v) is 11.8. The number of fused-ring (bicyclic) bond motifs is 1. The highest BCUT2D eigenvalue weighted by Gasteiger charge is 2.39. The van der Waals surface area contributed by atoms with E-state index in [1.54, 1.807) is 13.4 Å². The first-order valence-electron chi connectivity index (χ1n) is 11.8. The van der Waals surface area contributed by atoms with E-state index in [0.29, 0.717) is 0 Å². The number of hydrogen-bond donors (Lipinski definition) is 0. The number of carbonyl (C=O) groups excluding carboxylic acids is 1. The van der Waals surface area contributed by atoms with Crippen LogP contribution in [0.15, 0.2) is 60.6 Å². The molecule has 5 rings (SSSR count). The molecule has 3 heterocycles. The first kappa shape index (κ1) is 22.3. The van der Waals surface area contributed by atoms with Crippen LogP contribution in [0.1, 0.15) is 56.0 Å². The zero-order chi connectivity index (χ0) is 23.9. The number of likely N-dealkylation sites (tertiary alicyclic amines) is 1. The summed E-state index contributed by atoms with van der Waals surface area (Å²) in [6.45, 7) is 6.90. The van der Waals surface area contributed by atoms with E-state index >= 15 is 0 Å². The Hall–Kier alpha value is -3.54. The van der Waals surface area contributed by atoms with Gasteiger partial charge in [-0.1, -0.05) is 24.3 Å². The molecule has 2 aromatic carbocycles. The summed E-state index contributed by atoms with van der Waals surface area (Å²) in [4.78, 5) is 20.0. The van der Waals surface area contributed by atoms with Crippen LogP contribution in [-0.2, 0) is 4.79 Å². The van der Waals surface area contributed by atoms with Crippen LogP contribution in [0.2, 0.25) is 0 Å². The zero-order valence-corrected chi connectivity index (χ0v) is 20.2. The number of imidazole rings is 1. The van der Waals surface area contributed by atoms with Gasteiger partial charge in [0.2, 0.25) is 5.91 Å². The minimum absolute atomic E-state index is 0.0116. The summed E-state index contributed by atoms with van der Waals surface area (Å²) < 4.78 is 13.8. The van der Waals surface area contributed by atoms with Gasteiger partial charge in [-0.05, 0) is 63.5 Å². The molecule has 1 saturated heterocycles. The molecule has 1 aromatic heterocycles. The van der Waals surface area contributed by atoms with Crippen molar-refractivity contribution in [2.75, 3.05) is 13.7 Å². The van der Waals surface area contributed by atoms with Gasteiger partial charge >= 0.3 is 0 Å². The van der Waals surface area contributed by atoms with Gasteiger partial charge in [0.05, 0.1) is 30.9 Å². The zero-order valence-electron chi connectivity index (χ0n) is 20.2. The highest BCUT2D eigenvalue weighted by Crippen LogP contribution is 2.44. The molecule has 0 aliphatic carbocycles. The largest absolute Gasteiger partial charge is 0.495 e. The summed E-state index contributed by atoms with van der Waals surface area (Å²) in [6.07, 6.45) is 8.24. The second kappa shape index (κ2) is 8.67. The van der Waals surface area contributed by atoms with Gasteiger partial charge in [0.25, 0.3) is 0 Å². The lowest BCUT2D eigenvalue weighted by molar-refractivity contribution is -0.132. The van der Waals surface area contributed by atoms with Crippen molar-refractivity contribution < 1.29 is 14.3 Å². The normalized spacial score (nSPS) is 20.7. The predicted octanol–water partition coefficient (Wildman–Crippen LogP) is 5.50. The van der Waals surface area contributed by atoms with Gasteiger partial charge in [-0.3, -0.25) is 4.79 Å². The third kappa shape index (κ3) is 4.20. The topological polar surface area (TPSA) is 56.6 Å². The molecule has 0 unspecified atom stereocenters. The van der Waals surface area contributed by atoms with Gasteiger partial charge in [0, 0.05) is 30.3 Å². The lowest BCUT2D eigenvalue weighted by atomic mass is 9.87. The Morgan fingerprint density at radius 1 is 1.21 bits per heavy atom. The molecule has 6 nitrogen and oxygen atoms in total. The highest BCUT2D eigenvalue weighted by molar-refractivity contribution is 5.99. The van der Waals surface area contributed by atoms with Gasteiger partial charge in [-0.15, -0.1) is 0 Å². The van der Waals surface area contributed by atoms with Crippen molar-refractivity contribution >= 4 is 12.0 Å². The Labute approximate surface area is 200 Å². The Morgan fingerprint density at radius 3 is 2.79 bits per heavy atom. The standard InChI is InChI=1S/C28H31N3O3/c1-19-17-30(18-29-19)23-12-11-20(15-26(23)33-4)14-21-8-7-13-31(27(21)32)24-16-28(2,3)34-25-10-6-5-9-22(24)25/h5-6,9-12,14-15,17-18,24H,7-8,13,16H2,1-4H3/t24-/m0/s1. The van der Waals surface area contributed by atoms with E-state index in [-0.39, 0.29) is 17.6 Å². The van der Waals surface area contributed by atoms with Crippen LogP contribution in [0.3, 0.4) is 0 Å².